The van der Waals surface area contributed by atoms with Gasteiger partial charge in [-0.15, -0.1) is 0 Å². The quantitative estimate of drug-likeness (QED) is 0.228. The maximum Gasteiger partial charge on any atom is 0.123 e. The van der Waals surface area contributed by atoms with E-state index in [-0.39, 0.29) is 5.82 Å². The lowest BCUT2D eigenvalue weighted by atomic mass is 9.88. The van der Waals surface area contributed by atoms with Crippen molar-refractivity contribution in [3.05, 3.63) is 132 Å². The van der Waals surface area contributed by atoms with E-state index in [4.69, 9.17) is 0 Å². The van der Waals surface area contributed by atoms with Crippen LogP contribution in [0.3, 0.4) is 0 Å². The van der Waals surface area contributed by atoms with Crippen molar-refractivity contribution in [3.8, 4) is 5.69 Å². The minimum Gasteiger partial charge on any atom is -0.303 e. The second kappa shape index (κ2) is 12.6. The summed E-state index contributed by atoms with van der Waals surface area (Å²) in [4.78, 5) is 4.03. The standard InChI is InChI=1S/C18H21B.C11H11FN2/c19-15-9-3-8-14-18(16-10-4-1-5-11-16)17-12-6-2-7-13-17;1-8-5-10(12)3-4-11(8)14-7-13-6-9(14)2/h1-8,10-13,18H,9,14-15,19H2;3-7H,1-2H3. The molecule has 0 amide bonds. The molecule has 168 valence electrons. The average molecular weight is 438 g/mol. The molecule has 0 aliphatic heterocycles. The van der Waals surface area contributed by atoms with Gasteiger partial charge in [0.05, 0.1) is 6.33 Å². The normalized spacial score (nSPS) is 10.9. The van der Waals surface area contributed by atoms with Crippen molar-refractivity contribution < 1.29 is 4.39 Å². The van der Waals surface area contributed by atoms with Crippen molar-refractivity contribution in [1.29, 1.82) is 0 Å². The van der Waals surface area contributed by atoms with Crippen molar-refractivity contribution >= 4 is 7.85 Å². The molecule has 0 spiro atoms. The largest absolute Gasteiger partial charge is 0.303 e. The highest BCUT2D eigenvalue weighted by Gasteiger charge is 2.11. The topological polar surface area (TPSA) is 17.8 Å². The highest BCUT2D eigenvalue weighted by Crippen LogP contribution is 2.28. The van der Waals surface area contributed by atoms with Gasteiger partial charge in [0.2, 0.25) is 0 Å². The van der Waals surface area contributed by atoms with Crippen LogP contribution >= 0.6 is 0 Å². The van der Waals surface area contributed by atoms with E-state index in [0.717, 1.165) is 23.4 Å². The maximum atomic E-state index is 12.9. The zero-order valence-corrected chi connectivity index (χ0v) is 19.8. The number of hydrogen-bond donors (Lipinski definition) is 0. The molecule has 0 bridgehead atoms. The number of aryl methyl sites for hydroxylation is 2. The fourth-order valence-electron chi connectivity index (χ4n) is 3.85. The number of halogens is 1. The van der Waals surface area contributed by atoms with Crippen LogP contribution in [-0.2, 0) is 0 Å². The smallest absolute Gasteiger partial charge is 0.123 e. The Kier molecular flexibility index (Phi) is 9.25. The molecule has 0 fully saturated rings. The molecule has 4 heteroatoms. The Morgan fingerprint density at radius 2 is 1.55 bits per heavy atom. The molecule has 1 aromatic heterocycles. The third-order valence-electron chi connectivity index (χ3n) is 5.64. The molecule has 4 aromatic rings. The Hall–Kier alpha value is -3.40. The van der Waals surface area contributed by atoms with Crippen molar-refractivity contribution in [3.63, 3.8) is 0 Å². The predicted octanol–water partition coefficient (Wildman–Crippen LogP) is 6.83. The van der Waals surface area contributed by atoms with Gasteiger partial charge in [-0.05, 0) is 61.6 Å². The molecule has 1 heterocycles. The van der Waals surface area contributed by atoms with Gasteiger partial charge in [-0.3, -0.25) is 0 Å². The van der Waals surface area contributed by atoms with Gasteiger partial charge >= 0.3 is 0 Å². The van der Waals surface area contributed by atoms with Crippen LogP contribution < -0.4 is 0 Å². The molecule has 0 saturated heterocycles. The number of benzene rings is 3. The summed E-state index contributed by atoms with van der Waals surface area (Å²) in [6.45, 7) is 3.85. The molecule has 0 aliphatic carbocycles. The molecule has 0 unspecified atom stereocenters. The average Bonchev–Trinajstić information content (AvgIpc) is 3.26. The molecule has 0 N–H and O–H groups in total. The van der Waals surface area contributed by atoms with E-state index in [0.29, 0.717) is 5.92 Å². The van der Waals surface area contributed by atoms with Crippen LogP contribution in [0.15, 0.2) is 104 Å². The summed E-state index contributed by atoms with van der Waals surface area (Å²) in [5.41, 5.74) is 5.72. The van der Waals surface area contributed by atoms with E-state index in [9.17, 15) is 4.39 Å². The summed E-state index contributed by atoms with van der Waals surface area (Å²) >= 11 is 0. The third-order valence-corrected chi connectivity index (χ3v) is 5.64. The fourth-order valence-corrected chi connectivity index (χ4v) is 3.85. The molecule has 0 atom stereocenters. The van der Waals surface area contributed by atoms with Gasteiger partial charge in [0.1, 0.15) is 13.7 Å². The van der Waals surface area contributed by atoms with Gasteiger partial charge in [-0.2, -0.15) is 0 Å². The zero-order valence-electron chi connectivity index (χ0n) is 19.8. The summed E-state index contributed by atoms with van der Waals surface area (Å²) in [5.74, 6) is 0.263. The second-order valence-electron chi connectivity index (χ2n) is 8.21. The Balaban J connectivity index is 0.000000194. The Morgan fingerprint density at radius 1 is 0.909 bits per heavy atom. The molecular formula is C29H32BFN2. The molecule has 0 radical (unpaired) electrons. The zero-order chi connectivity index (χ0) is 23.5. The number of nitrogens with zero attached hydrogens (tertiary/aromatic N) is 2. The monoisotopic (exact) mass is 438 g/mol. The van der Waals surface area contributed by atoms with Crippen LogP contribution in [0.2, 0.25) is 6.32 Å². The minimum absolute atomic E-state index is 0.205. The first-order chi connectivity index (χ1) is 16.1. The Labute approximate surface area is 198 Å². The highest BCUT2D eigenvalue weighted by atomic mass is 19.1. The van der Waals surface area contributed by atoms with E-state index < -0.39 is 0 Å². The summed E-state index contributed by atoms with van der Waals surface area (Å²) in [6, 6.07) is 26.3. The van der Waals surface area contributed by atoms with Crippen LogP contribution in [0.25, 0.3) is 5.69 Å². The molecule has 2 nitrogen and oxygen atoms in total. The summed E-state index contributed by atoms with van der Waals surface area (Å²) in [7, 11) is 2.22. The third kappa shape index (κ3) is 7.05. The summed E-state index contributed by atoms with van der Waals surface area (Å²) < 4.78 is 14.8. The fraction of sp³-hybridized carbons (Fsp3) is 0.207. The van der Waals surface area contributed by atoms with Gasteiger partial charge in [0.15, 0.2) is 0 Å². The Morgan fingerprint density at radius 3 is 2.06 bits per heavy atom. The lowest BCUT2D eigenvalue weighted by Gasteiger charge is -2.16. The number of hydrogen-bond acceptors (Lipinski definition) is 1. The second-order valence-corrected chi connectivity index (χ2v) is 8.21. The van der Waals surface area contributed by atoms with Gasteiger partial charge in [0, 0.05) is 23.5 Å². The molecule has 3 aromatic carbocycles. The van der Waals surface area contributed by atoms with Crippen molar-refractivity contribution in [2.75, 3.05) is 0 Å². The molecular weight excluding hydrogens is 406 g/mol. The molecule has 0 aliphatic rings. The van der Waals surface area contributed by atoms with E-state index in [1.165, 1.54) is 36.0 Å². The van der Waals surface area contributed by atoms with E-state index >= 15 is 0 Å². The first kappa shape index (κ1) is 24.3. The minimum atomic E-state index is -0.205. The molecule has 33 heavy (non-hydrogen) atoms. The Bertz CT molecular complexity index is 1100. The summed E-state index contributed by atoms with van der Waals surface area (Å²) in [5, 5.41) is 0. The van der Waals surface area contributed by atoms with Crippen molar-refractivity contribution in [2.45, 2.75) is 38.9 Å². The summed E-state index contributed by atoms with van der Waals surface area (Å²) in [6.07, 6.45) is 11.6. The van der Waals surface area contributed by atoms with Crippen LogP contribution in [0.1, 0.15) is 41.1 Å². The number of aromatic nitrogens is 2. The van der Waals surface area contributed by atoms with E-state index in [2.05, 4.69) is 85.6 Å². The first-order valence-corrected chi connectivity index (χ1v) is 11.6. The predicted molar refractivity (Wildman–Crippen MR) is 139 cm³/mol. The van der Waals surface area contributed by atoms with Gasteiger partial charge in [-0.1, -0.05) is 79.1 Å². The van der Waals surface area contributed by atoms with Crippen molar-refractivity contribution in [2.24, 2.45) is 0 Å². The van der Waals surface area contributed by atoms with Crippen LogP contribution in [0, 0.1) is 19.7 Å². The first-order valence-electron chi connectivity index (χ1n) is 11.6. The SMILES string of the molecule is BCCC=CCC(c1ccccc1)c1ccccc1.Cc1cc(F)ccc1-n1cncc1C. The van der Waals surface area contributed by atoms with E-state index in [1.807, 2.05) is 18.4 Å². The van der Waals surface area contributed by atoms with Crippen molar-refractivity contribution in [1.82, 2.24) is 9.55 Å². The van der Waals surface area contributed by atoms with Crippen LogP contribution in [0.5, 0.6) is 0 Å². The van der Waals surface area contributed by atoms with Gasteiger partial charge in [-0.25, -0.2) is 9.37 Å². The van der Waals surface area contributed by atoms with E-state index in [1.54, 1.807) is 18.6 Å². The number of rotatable bonds is 7. The van der Waals surface area contributed by atoms with Crippen LogP contribution in [0.4, 0.5) is 4.39 Å². The molecule has 4 rings (SSSR count). The maximum absolute atomic E-state index is 12.9. The number of imidazole rings is 1. The molecule has 0 saturated carbocycles. The number of allylic oxidation sites excluding steroid dienone is 2. The van der Waals surface area contributed by atoms with Gasteiger partial charge in [0.25, 0.3) is 0 Å². The van der Waals surface area contributed by atoms with Gasteiger partial charge < -0.3 is 4.57 Å². The lowest BCUT2D eigenvalue weighted by Crippen LogP contribution is -1.99. The lowest BCUT2D eigenvalue weighted by molar-refractivity contribution is 0.626. The van der Waals surface area contributed by atoms with Crippen LogP contribution in [-0.4, -0.2) is 17.4 Å². The highest BCUT2D eigenvalue weighted by molar-refractivity contribution is 6.08.